The lowest BCUT2D eigenvalue weighted by atomic mass is 10.1. The van der Waals surface area contributed by atoms with Crippen LogP contribution in [0.15, 0.2) is 22.8 Å². The summed E-state index contributed by atoms with van der Waals surface area (Å²) in [5, 5.41) is 5.36. The summed E-state index contributed by atoms with van der Waals surface area (Å²) in [6, 6.07) is 3.56. The molecule has 1 aromatic rings. The van der Waals surface area contributed by atoms with E-state index in [1.54, 1.807) is 18.4 Å². The largest absolute Gasteiger partial charge is 0.467 e. The average Bonchev–Trinajstić information content (AvgIpc) is 3.05. The topological polar surface area (TPSA) is 71.3 Å². The minimum Gasteiger partial charge on any atom is -0.467 e. The second-order valence-electron chi connectivity index (χ2n) is 4.56. The Balaban J connectivity index is 1.63. The number of hydrogen-bond donors (Lipinski definition) is 2. The fourth-order valence-corrected chi connectivity index (χ4v) is 2.16. The van der Waals surface area contributed by atoms with Crippen molar-refractivity contribution in [1.29, 1.82) is 0 Å². The van der Waals surface area contributed by atoms with Gasteiger partial charge in [-0.05, 0) is 25.0 Å². The highest BCUT2D eigenvalue weighted by molar-refractivity contribution is 5.85. The Bertz CT molecular complexity index is 394. The molecule has 1 fully saturated rings. The van der Waals surface area contributed by atoms with E-state index in [-0.39, 0.29) is 24.3 Å². The van der Waals surface area contributed by atoms with Crippen LogP contribution < -0.4 is 10.6 Å². The van der Waals surface area contributed by atoms with E-state index in [0.29, 0.717) is 12.3 Å². The Hall–Kier alpha value is -1.78. The third kappa shape index (κ3) is 3.61. The Labute approximate surface area is 106 Å². The van der Waals surface area contributed by atoms with Crippen LogP contribution in [0.3, 0.4) is 0 Å². The van der Waals surface area contributed by atoms with Crippen molar-refractivity contribution in [1.82, 2.24) is 10.6 Å². The van der Waals surface area contributed by atoms with E-state index in [9.17, 15) is 9.59 Å². The first-order valence-electron chi connectivity index (χ1n) is 6.32. The van der Waals surface area contributed by atoms with Crippen LogP contribution >= 0.6 is 0 Å². The zero-order chi connectivity index (χ0) is 12.8. The van der Waals surface area contributed by atoms with E-state index >= 15 is 0 Å². The molecule has 0 aromatic carbocycles. The third-order valence-corrected chi connectivity index (χ3v) is 3.19. The summed E-state index contributed by atoms with van der Waals surface area (Å²) in [5.74, 6) is 0.603. The quantitative estimate of drug-likeness (QED) is 0.825. The highest BCUT2D eigenvalue weighted by Gasteiger charge is 2.22. The average molecular weight is 250 g/mol. The van der Waals surface area contributed by atoms with E-state index in [0.717, 1.165) is 25.7 Å². The SMILES string of the molecule is O=C(CNC(=O)C1CCCC1)NCc1ccco1. The van der Waals surface area contributed by atoms with E-state index in [1.165, 1.54) is 0 Å². The van der Waals surface area contributed by atoms with Crippen LogP contribution in [0.5, 0.6) is 0 Å². The summed E-state index contributed by atoms with van der Waals surface area (Å²) in [7, 11) is 0. The molecule has 2 rings (SSSR count). The van der Waals surface area contributed by atoms with Gasteiger partial charge >= 0.3 is 0 Å². The zero-order valence-electron chi connectivity index (χ0n) is 10.3. The van der Waals surface area contributed by atoms with E-state index < -0.39 is 0 Å². The number of hydrogen-bond acceptors (Lipinski definition) is 3. The highest BCUT2D eigenvalue weighted by atomic mass is 16.3. The van der Waals surface area contributed by atoms with Crippen molar-refractivity contribution in [2.24, 2.45) is 5.92 Å². The minimum absolute atomic E-state index is 0.000601. The second-order valence-corrected chi connectivity index (χ2v) is 4.56. The molecule has 1 heterocycles. The number of carbonyl (C=O) groups is 2. The monoisotopic (exact) mass is 250 g/mol. The molecule has 5 nitrogen and oxygen atoms in total. The number of carbonyl (C=O) groups excluding carboxylic acids is 2. The normalized spacial score (nSPS) is 15.6. The van der Waals surface area contributed by atoms with Crippen LogP contribution in [0, 0.1) is 5.92 Å². The molecule has 5 heteroatoms. The predicted octanol–water partition coefficient (Wildman–Crippen LogP) is 1.20. The molecule has 0 radical (unpaired) electrons. The van der Waals surface area contributed by atoms with Crippen molar-refractivity contribution < 1.29 is 14.0 Å². The molecule has 0 atom stereocenters. The van der Waals surface area contributed by atoms with E-state index in [1.807, 2.05) is 0 Å². The van der Waals surface area contributed by atoms with Crippen LogP contribution in [0.2, 0.25) is 0 Å². The van der Waals surface area contributed by atoms with Crippen LogP contribution in [-0.4, -0.2) is 18.4 Å². The van der Waals surface area contributed by atoms with Gasteiger partial charge in [-0.3, -0.25) is 9.59 Å². The Kier molecular flexibility index (Phi) is 4.39. The Morgan fingerprint density at radius 2 is 2.06 bits per heavy atom. The van der Waals surface area contributed by atoms with Gasteiger partial charge in [0.1, 0.15) is 5.76 Å². The first-order chi connectivity index (χ1) is 8.75. The molecule has 1 aliphatic rings. The Morgan fingerprint density at radius 3 is 2.72 bits per heavy atom. The number of rotatable bonds is 5. The van der Waals surface area contributed by atoms with Crippen molar-refractivity contribution in [3.05, 3.63) is 24.2 Å². The van der Waals surface area contributed by atoms with Crippen LogP contribution in [-0.2, 0) is 16.1 Å². The minimum atomic E-state index is -0.197. The summed E-state index contributed by atoms with van der Waals surface area (Å²) in [4.78, 5) is 23.2. The van der Waals surface area contributed by atoms with Gasteiger partial charge in [0.2, 0.25) is 11.8 Å². The van der Waals surface area contributed by atoms with Crippen molar-refractivity contribution in [2.75, 3.05) is 6.54 Å². The first-order valence-corrected chi connectivity index (χ1v) is 6.32. The van der Waals surface area contributed by atoms with Gasteiger partial charge in [0.15, 0.2) is 0 Å². The lowest BCUT2D eigenvalue weighted by molar-refractivity contribution is -0.128. The van der Waals surface area contributed by atoms with Gasteiger partial charge in [0.05, 0.1) is 19.4 Å². The van der Waals surface area contributed by atoms with Crippen LogP contribution in [0.4, 0.5) is 0 Å². The van der Waals surface area contributed by atoms with Crippen LogP contribution in [0.25, 0.3) is 0 Å². The van der Waals surface area contributed by atoms with Crippen molar-refractivity contribution in [2.45, 2.75) is 32.2 Å². The molecule has 0 spiro atoms. The summed E-state index contributed by atoms with van der Waals surface area (Å²) in [6.45, 7) is 0.390. The van der Waals surface area contributed by atoms with Gasteiger partial charge in [-0.15, -0.1) is 0 Å². The summed E-state index contributed by atoms with van der Waals surface area (Å²) in [6.07, 6.45) is 5.68. The summed E-state index contributed by atoms with van der Waals surface area (Å²) in [5.41, 5.74) is 0. The lowest BCUT2D eigenvalue weighted by Gasteiger charge is -2.10. The second kappa shape index (κ2) is 6.23. The fourth-order valence-electron chi connectivity index (χ4n) is 2.16. The number of amides is 2. The van der Waals surface area contributed by atoms with Crippen molar-refractivity contribution >= 4 is 11.8 Å². The molecule has 2 N–H and O–H groups in total. The standard InChI is InChI=1S/C13H18N2O3/c16-12(14-8-11-6-3-7-18-11)9-15-13(17)10-4-1-2-5-10/h3,6-7,10H,1-2,4-5,8-9H2,(H,14,16)(H,15,17). The van der Waals surface area contributed by atoms with Crippen LogP contribution in [0.1, 0.15) is 31.4 Å². The number of nitrogens with one attached hydrogen (secondary N) is 2. The molecule has 0 bridgehead atoms. The van der Waals surface area contributed by atoms with Gasteiger partial charge in [-0.1, -0.05) is 12.8 Å². The molecule has 0 saturated heterocycles. The van der Waals surface area contributed by atoms with Crippen molar-refractivity contribution in [3.63, 3.8) is 0 Å². The van der Waals surface area contributed by atoms with Gasteiger partial charge < -0.3 is 15.1 Å². The maximum absolute atomic E-state index is 11.7. The first kappa shape index (κ1) is 12.7. The molecule has 0 unspecified atom stereocenters. The molecule has 98 valence electrons. The predicted molar refractivity (Wildman–Crippen MR) is 65.5 cm³/mol. The van der Waals surface area contributed by atoms with Gasteiger partial charge in [0, 0.05) is 5.92 Å². The van der Waals surface area contributed by atoms with Gasteiger partial charge in [-0.25, -0.2) is 0 Å². The molecular formula is C13H18N2O3. The maximum Gasteiger partial charge on any atom is 0.239 e. The maximum atomic E-state index is 11.7. The molecular weight excluding hydrogens is 232 g/mol. The highest BCUT2D eigenvalue weighted by Crippen LogP contribution is 2.24. The third-order valence-electron chi connectivity index (χ3n) is 3.19. The molecule has 1 saturated carbocycles. The molecule has 1 aliphatic carbocycles. The number of furan rings is 1. The fraction of sp³-hybridized carbons (Fsp3) is 0.538. The molecule has 0 aliphatic heterocycles. The summed E-state index contributed by atoms with van der Waals surface area (Å²) >= 11 is 0. The van der Waals surface area contributed by atoms with Crippen molar-refractivity contribution in [3.8, 4) is 0 Å². The molecule has 18 heavy (non-hydrogen) atoms. The van der Waals surface area contributed by atoms with E-state index in [2.05, 4.69) is 10.6 Å². The smallest absolute Gasteiger partial charge is 0.239 e. The summed E-state index contributed by atoms with van der Waals surface area (Å²) < 4.78 is 5.09. The van der Waals surface area contributed by atoms with Gasteiger partial charge in [-0.2, -0.15) is 0 Å². The van der Waals surface area contributed by atoms with Gasteiger partial charge in [0.25, 0.3) is 0 Å². The van der Waals surface area contributed by atoms with E-state index in [4.69, 9.17) is 4.42 Å². The molecule has 2 amide bonds. The lowest BCUT2D eigenvalue weighted by Crippen LogP contribution is -2.38. The zero-order valence-corrected chi connectivity index (χ0v) is 10.3. The molecule has 1 aromatic heterocycles. The Morgan fingerprint density at radius 1 is 1.28 bits per heavy atom.